The molecular formula is C82H164N2O10S. The van der Waals surface area contributed by atoms with Crippen molar-refractivity contribution in [2.24, 2.45) is 0 Å². The van der Waals surface area contributed by atoms with Gasteiger partial charge in [0.25, 0.3) is 0 Å². The van der Waals surface area contributed by atoms with Crippen LogP contribution in [0.1, 0.15) is 452 Å². The zero-order valence-electron chi connectivity index (χ0n) is 64.2. The van der Waals surface area contributed by atoms with Gasteiger partial charge in [0, 0.05) is 38.8 Å². The third kappa shape index (κ3) is 74.9. The normalized spacial score (nSPS) is 11.7. The standard InChI is InChI=1S/2C41H81NO3.H2O4S/c2*1-4-7-9-11-13-15-17-19-21-23-25-27-29-31-33-35-39(44)41(42(6-3)37-38-43)40(45)36-34-32-30-28-26-24-22-20-18-16-14-12-10-8-5-2;1-5(2,3)4/h2*41,43H,4-38H2,1-3H3;(H2,1,2,3,4). The van der Waals surface area contributed by atoms with Crippen LogP contribution in [-0.4, -0.2) is 112 Å². The summed E-state index contributed by atoms with van der Waals surface area (Å²) in [4.78, 5) is 56.6. The Kier molecular flexibility index (Phi) is 81.9. The van der Waals surface area contributed by atoms with Gasteiger partial charge in [0.1, 0.15) is 12.1 Å². The van der Waals surface area contributed by atoms with Crippen molar-refractivity contribution in [3.63, 3.8) is 0 Å². The molecule has 0 bridgehead atoms. The molecule has 0 atom stereocenters. The van der Waals surface area contributed by atoms with Gasteiger partial charge in [-0.3, -0.25) is 38.1 Å². The minimum absolute atomic E-state index is 0.0111. The number of aliphatic hydroxyl groups is 2. The first-order chi connectivity index (χ1) is 46.2. The highest BCUT2D eigenvalue weighted by Gasteiger charge is 2.32. The van der Waals surface area contributed by atoms with Gasteiger partial charge in [0.15, 0.2) is 23.1 Å². The molecule has 0 aromatic carbocycles. The maximum Gasteiger partial charge on any atom is 0.394 e. The van der Waals surface area contributed by atoms with E-state index in [-0.39, 0.29) is 36.3 Å². The Hall–Kier alpha value is -1.61. The summed E-state index contributed by atoms with van der Waals surface area (Å²) in [6.45, 7) is 15.1. The van der Waals surface area contributed by atoms with E-state index < -0.39 is 22.5 Å². The Balaban J connectivity index is -0.00000166. The fourth-order valence-electron chi connectivity index (χ4n) is 13.6. The number of ketones is 4. The van der Waals surface area contributed by atoms with E-state index in [1.165, 1.54) is 334 Å². The number of unbranched alkanes of at least 4 members (excludes halogenated alkanes) is 56. The second-order valence-electron chi connectivity index (χ2n) is 28.6. The number of aliphatic hydroxyl groups excluding tert-OH is 2. The third-order valence-corrected chi connectivity index (χ3v) is 19.6. The Bertz CT molecular complexity index is 1490. The number of rotatable bonds is 76. The third-order valence-electron chi connectivity index (χ3n) is 19.6. The molecule has 0 aliphatic heterocycles. The lowest BCUT2D eigenvalue weighted by Gasteiger charge is -2.28. The number of carbonyl (C=O) groups excluding carboxylic acids is 4. The molecule has 0 aromatic rings. The fraction of sp³-hybridized carbons (Fsp3) is 0.951. The van der Waals surface area contributed by atoms with E-state index in [1.807, 2.05) is 23.6 Å². The minimum atomic E-state index is -4.67. The summed E-state index contributed by atoms with van der Waals surface area (Å²) >= 11 is 0. The van der Waals surface area contributed by atoms with Crippen LogP contribution in [0.25, 0.3) is 0 Å². The van der Waals surface area contributed by atoms with Crippen LogP contribution in [-0.2, 0) is 29.6 Å². The molecule has 13 heteroatoms. The molecule has 0 aliphatic carbocycles. The highest BCUT2D eigenvalue weighted by Crippen LogP contribution is 2.21. The number of Topliss-reactive ketones (excluding diaryl/α,β-unsaturated/α-hetero) is 4. The molecule has 0 saturated heterocycles. The van der Waals surface area contributed by atoms with Crippen molar-refractivity contribution in [3.8, 4) is 0 Å². The van der Waals surface area contributed by atoms with E-state index >= 15 is 0 Å². The van der Waals surface area contributed by atoms with Crippen LogP contribution in [0.2, 0.25) is 0 Å². The van der Waals surface area contributed by atoms with Gasteiger partial charge >= 0.3 is 10.4 Å². The maximum absolute atomic E-state index is 13.2. The van der Waals surface area contributed by atoms with Crippen molar-refractivity contribution in [1.82, 2.24) is 9.80 Å². The van der Waals surface area contributed by atoms with Gasteiger partial charge in [-0.1, -0.05) is 401 Å². The highest BCUT2D eigenvalue weighted by atomic mass is 32.3. The summed E-state index contributed by atoms with van der Waals surface area (Å²) in [5, 5.41) is 19.1. The average Bonchev–Trinajstić information content (AvgIpc) is 0.995. The van der Waals surface area contributed by atoms with Gasteiger partial charge < -0.3 is 10.2 Å². The lowest BCUT2D eigenvalue weighted by Crippen LogP contribution is -2.47. The zero-order chi connectivity index (χ0) is 70.6. The number of hydrogen-bond donors (Lipinski definition) is 4. The fourth-order valence-corrected chi connectivity index (χ4v) is 13.6. The lowest BCUT2D eigenvalue weighted by atomic mass is 9.96. The van der Waals surface area contributed by atoms with Crippen molar-refractivity contribution in [3.05, 3.63) is 0 Å². The average molecular weight is 1370 g/mol. The predicted octanol–water partition coefficient (Wildman–Crippen LogP) is 24.0. The number of nitrogens with zero attached hydrogens (tertiary/aromatic N) is 2. The molecule has 0 heterocycles. The van der Waals surface area contributed by atoms with Crippen LogP contribution in [0, 0.1) is 0 Å². The maximum atomic E-state index is 13.2. The molecular weight excluding hydrogens is 1200 g/mol. The van der Waals surface area contributed by atoms with Crippen molar-refractivity contribution < 1.29 is 46.9 Å². The minimum Gasteiger partial charge on any atom is -0.395 e. The van der Waals surface area contributed by atoms with Crippen molar-refractivity contribution in [2.75, 3.05) is 39.4 Å². The van der Waals surface area contributed by atoms with Gasteiger partial charge in [-0.05, 0) is 38.8 Å². The summed E-state index contributed by atoms with van der Waals surface area (Å²) in [6.07, 6.45) is 80.5. The van der Waals surface area contributed by atoms with Crippen LogP contribution >= 0.6 is 0 Å². The second-order valence-corrected chi connectivity index (χ2v) is 29.5. The van der Waals surface area contributed by atoms with E-state index in [0.717, 1.165) is 51.4 Å². The van der Waals surface area contributed by atoms with Crippen molar-refractivity contribution in [1.29, 1.82) is 0 Å². The Labute approximate surface area is 591 Å². The largest absolute Gasteiger partial charge is 0.395 e. The summed E-state index contributed by atoms with van der Waals surface area (Å²) in [7, 11) is -4.67. The van der Waals surface area contributed by atoms with Crippen molar-refractivity contribution >= 4 is 33.5 Å². The smallest absolute Gasteiger partial charge is 0.394 e. The molecule has 0 aliphatic rings. The number of carbonyl (C=O) groups is 4. The van der Waals surface area contributed by atoms with E-state index in [0.29, 0.717) is 51.9 Å². The van der Waals surface area contributed by atoms with E-state index in [1.54, 1.807) is 0 Å². The summed E-state index contributed by atoms with van der Waals surface area (Å²) in [5.74, 6) is 0.300. The molecule has 0 spiro atoms. The second kappa shape index (κ2) is 79.7. The Morgan fingerprint density at radius 1 is 0.242 bits per heavy atom. The van der Waals surface area contributed by atoms with Crippen LogP contribution in [0.3, 0.4) is 0 Å². The van der Waals surface area contributed by atoms with Crippen LogP contribution < -0.4 is 0 Å². The molecule has 0 saturated carbocycles. The topological polar surface area (TPSA) is 190 Å². The van der Waals surface area contributed by atoms with Gasteiger partial charge in [0.05, 0.1) is 13.2 Å². The van der Waals surface area contributed by atoms with Crippen LogP contribution in [0.15, 0.2) is 0 Å². The van der Waals surface area contributed by atoms with Crippen LogP contribution in [0.4, 0.5) is 0 Å². The SMILES string of the molecule is CCCCCCCCCCCCCCCCCC(=O)C(C(=O)CCCCCCCCCCCCCCCCC)N(CC)CCO.CCCCCCCCCCCCCCCCCC(=O)C(C(=O)CCCCCCCCCCCCCCCCC)N(CC)CCO.O=S(=O)(O)O. The quantitative estimate of drug-likeness (QED) is 0.0257. The summed E-state index contributed by atoms with van der Waals surface area (Å²) in [6, 6.07) is -1.30. The molecule has 0 rings (SSSR count). The lowest BCUT2D eigenvalue weighted by molar-refractivity contribution is -0.136. The molecule has 0 unspecified atom stereocenters. The van der Waals surface area contributed by atoms with Gasteiger partial charge in [-0.15, -0.1) is 0 Å². The van der Waals surface area contributed by atoms with Crippen LogP contribution in [0.5, 0.6) is 0 Å². The first kappa shape index (κ1) is 97.6. The molecule has 4 N–H and O–H groups in total. The molecule has 568 valence electrons. The van der Waals surface area contributed by atoms with E-state index in [2.05, 4.69) is 27.7 Å². The first-order valence-corrected chi connectivity index (χ1v) is 43.1. The van der Waals surface area contributed by atoms with Gasteiger partial charge in [-0.25, -0.2) is 0 Å². The summed E-state index contributed by atoms with van der Waals surface area (Å²) in [5.41, 5.74) is 0. The Morgan fingerprint density at radius 3 is 0.463 bits per heavy atom. The summed E-state index contributed by atoms with van der Waals surface area (Å²) < 4.78 is 31.6. The number of likely N-dealkylation sites (N-methyl/N-ethyl adjacent to an activating group) is 2. The molecule has 0 fully saturated rings. The molecule has 0 aromatic heterocycles. The molecule has 0 radical (unpaired) electrons. The highest BCUT2D eigenvalue weighted by molar-refractivity contribution is 7.79. The first-order valence-electron chi connectivity index (χ1n) is 41.7. The zero-order valence-corrected chi connectivity index (χ0v) is 65.0. The van der Waals surface area contributed by atoms with Crippen molar-refractivity contribution in [2.45, 2.75) is 465 Å². The van der Waals surface area contributed by atoms with E-state index in [4.69, 9.17) is 17.5 Å². The van der Waals surface area contributed by atoms with Gasteiger partial charge in [0.2, 0.25) is 0 Å². The molecule has 12 nitrogen and oxygen atoms in total. The molecule has 0 amide bonds. The predicted molar refractivity (Wildman–Crippen MR) is 409 cm³/mol. The monoisotopic (exact) mass is 1370 g/mol. The van der Waals surface area contributed by atoms with Gasteiger partial charge in [-0.2, -0.15) is 8.42 Å². The van der Waals surface area contributed by atoms with E-state index in [9.17, 15) is 29.4 Å². The molecule has 95 heavy (non-hydrogen) atoms. The Morgan fingerprint density at radius 2 is 0.358 bits per heavy atom. The number of hydrogen-bond acceptors (Lipinski definition) is 10.